The number of benzene rings is 1. The number of thiazole rings is 1. The largest absolute Gasteiger partial charge is 0.341 e. The highest BCUT2D eigenvalue weighted by molar-refractivity contribution is 7.16. The van der Waals surface area contributed by atoms with Crippen molar-refractivity contribution >= 4 is 39.9 Å². The Kier molecular flexibility index (Phi) is 5.78. The molecule has 0 saturated carbocycles. The number of hydrogen-bond donors (Lipinski definition) is 1. The third-order valence-corrected chi connectivity index (χ3v) is 6.33. The molecule has 1 aliphatic heterocycles. The Labute approximate surface area is 179 Å². The maximum Gasteiger partial charge on any atom is 0.277 e. The molecule has 2 aromatic heterocycles. The zero-order chi connectivity index (χ0) is 20.4. The van der Waals surface area contributed by atoms with E-state index in [1.807, 2.05) is 30.3 Å². The van der Waals surface area contributed by atoms with E-state index >= 15 is 0 Å². The first kappa shape index (κ1) is 19.8. The van der Waals surface area contributed by atoms with Gasteiger partial charge in [-0.15, -0.1) is 11.3 Å². The predicted molar refractivity (Wildman–Crippen MR) is 118 cm³/mol. The minimum Gasteiger partial charge on any atom is -0.341 e. The molecule has 6 nitrogen and oxygen atoms in total. The number of aromatic nitrogens is 3. The Morgan fingerprint density at radius 1 is 1.17 bits per heavy atom. The molecule has 150 valence electrons. The molecule has 0 atom stereocenters. The number of hydrogen-bond acceptors (Lipinski definition) is 6. The van der Waals surface area contributed by atoms with Crippen LogP contribution in [0.25, 0.3) is 11.3 Å². The molecule has 1 aromatic carbocycles. The summed E-state index contributed by atoms with van der Waals surface area (Å²) in [5, 5.41) is 3.65. The van der Waals surface area contributed by atoms with Crippen molar-refractivity contribution in [3.05, 3.63) is 52.1 Å². The molecule has 1 aliphatic rings. The van der Waals surface area contributed by atoms with Gasteiger partial charge in [0.15, 0.2) is 10.8 Å². The number of carbonyl (C=O) groups excluding carboxylic acids is 1. The van der Waals surface area contributed by atoms with Crippen LogP contribution in [0.5, 0.6) is 0 Å². The Balaban J connectivity index is 1.61. The minimum absolute atomic E-state index is 0.172. The predicted octanol–water partition coefficient (Wildman–Crippen LogP) is 5.23. The van der Waals surface area contributed by atoms with Crippen LogP contribution < -0.4 is 10.2 Å². The van der Waals surface area contributed by atoms with Crippen molar-refractivity contribution in [1.82, 2.24) is 15.0 Å². The fourth-order valence-electron chi connectivity index (χ4n) is 3.32. The molecule has 3 aromatic rings. The van der Waals surface area contributed by atoms with Crippen molar-refractivity contribution in [3.63, 3.8) is 0 Å². The number of rotatable bonds is 5. The molecule has 0 radical (unpaired) electrons. The lowest BCUT2D eigenvalue weighted by atomic mass is 10.1. The summed E-state index contributed by atoms with van der Waals surface area (Å²) >= 11 is 7.71. The van der Waals surface area contributed by atoms with Crippen LogP contribution in [0, 0.1) is 0 Å². The Morgan fingerprint density at radius 2 is 1.90 bits per heavy atom. The lowest BCUT2D eigenvalue weighted by Crippen LogP contribution is -2.23. The first-order chi connectivity index (χ1) is 14.0. The fourth-order valence-corrected chi connectivity index (χ4v) is 4.48. The monoisotopic (exact) mass is 427 g/mol. The van der Waals surface area contributed by atoms with Gasteiger partial charge in [0.25, 0.3) is 5.91 Å². The van der Waals surface area contributed by atoms with Crippen LogP contribution in [0.4, 0.5) is 11.1 Å². The quantitative estimate of drug-likeness (QED) is 0.603. The third kappa shape index (κ3) is 4.26. The molecule has 1 fully saturated rings. The van der Waals surface area contributed by atoms with Gasteiger partial charge in [-0.05, 0) is 18.8 Å². The van der Waals surface area contributed by atoms with E-state index in [-0.39, 0.29) is 22.5 Å². The fraction of sp³-hybridized carbons (Fsp3) is 0.333. The van der Waals surface area contributed by atoms with Gasteiger partial charge in [-0.3, -0.25) is 10.1 Å². The minimum atomic E-state index is -0.374. The van der Waals surface area contributed by atoms with Crippen LogP contribution in [0.3, 0.4) is 0 Å². The average molecular weight is 428 g/mol. The number of anilines is 2. The van der Waals surface area contributed by atoms with Crippen molar-refractivity contribution in [2.45, 2.75) is 32.6 Å². The highest BCUT2D eigenvalue weighted by atomic mass is 35.5. The SMILES string of the molecule is CC(C)c1sc(NC(=O)c2nc(N3CCCC3)ncc2Cl)nc1-c1ccccc1. The normalized spacial score (nSPS) is 13.9. The second-order valence-corrected chi connectivity index (χ2v) is 8.71. The van der Waals surface area contributed by atoms with Crippen LogP contribution in [-0.2, 0) is 0 Å². The summed E-state index contributed by atoms with van der Waals surface area (Å²) in [5.41, 5.74) is 2.10. The van der Waals surface area contributed by atoms with Crippen molar-refractivity contribution in [2.75, 3.05) is 23.3 Å². The van der Waals surface area contributed by atoms with Gasteiger partial charge in [0.2, 0.25) is 5.95 Å². The molecule has 1 saturated heterocycles. The molecular weight excluding hydrogens is 406 g/mol. The zero-order valence-electron chi connectivity index (χ0n) is 16.4. The first-order valence-electron chi connectivity index (χ1n) is 9.68. The highest BCUT2D eigenvalue weighted by Crippen LogP contribution is 2.36. The lowest BCUT2D eigenvalue weighted by molar-refractivity contribution is 0.102. The van der Waals surface area contributed by atoms with Crippen molar-refractivity contribution in [1.29, 1.82) is 0 Å². The van der Waals surface area contributed by atoms with E-state index in [0.717, 1.165) is 42.1 Å². The van der Waals surface area contributed by atoms with Gasteiger partial charge in [0.1, 0.15) is 0 Å². The molecule has 1 amide bonds. The molecule has 0 unspecified atom stereocenters. The lowest BCUT2D eigenvalue weighted by Gasteiger charge is -2.15. The van der Waals surface area contributed by atoms with Crippen LogP contribution in [0.15, 0.2) is 36.5 Å². The number of nitrogens with one attached hydrogen (secondary N) is 1. The molecule has 8 heteroatoms. The molecule has 4 rings (SSSR count). The topological polar surface area (TPSA) is 71.0 Å². The summed E-state index contributed by atoms with van der Waals surface area (Å²) in [6.07, 6.45) is 3.70. The van der Waals surface area contributed by atoms with Gasteiger partial charge in [-0.25, -0.2) is 15.0 Å². The van der Waals surface area contributed by atoms with Crippen molar-refractivity contribution < 1.29 is 4.79 Å². The van der Waals surface area contributed by atoms with E-state index in [9.17, 15) is 4.79 Å². The van der Waals surface area contributed by atoms with E-state index in [1.165, 1.54) is 17.5 Å². The summed E-state index contributed by atoms with van der Waals surface area (Å²) in [6.45, 7) is 6.03. The van der Waals surface area contributed by atoms with Crippen LogP contribution >= 0.6 is 22.9 Å². The van der Waals surface area contributed by atoms with Crippen LogP contribution in [0.1, 0.15) is 48.0 Å². The summed E-state index contributed by atoms with van der Waals surface area (Å²) in [4.78, 5) is 29.5. The third-order valence-electron chi connectivity index (χ3n) is 4.78. The van der Waals surface area contributed by atoms with Gasteiger partial charge < -0.3 is 4.90 Å². The van der Waals surface area contributed by atoms with Crippen LogP contribution in [0.2, 0.25) is 5.02 Å². The second kappa shape index (κ2) is 8.47. The van der Waals surface area contributed by atoms with Crippen molar-refractivity contribution in [3.8, 4) is 11.3 Å². The van der Waals surface area contributed by atoms with E-state index in [4.69, 9.17) is 11.6 Å². The summed E-state index contributed by atoms with van der Waals surface area (Å²) in [7, 11) is 0. The smallest absolute Gasteiger partial charge is 0.277 e. The Morgan fingerprint density at radius 3 is 2.59 bits per heavy atom. The van der Waals surface area contributed by atoms with E-state index in [1.54, 1.807) is 0 Å². The van der Waals surface area contributed by atoms with E-state index in [2.05, 4.69) is 39.0 Å². The molecule has 29 heavy (non-hydrogen) atoms. The first-order valence-corrected chi connectivity index (χ1v) is 10.9. The molecule has 0 aliphatic carbocycles. The molecular formula is C21H22ClN5OS. The Hall–Kier alpha value is -2.51. The van der Waals surface area contributed by atoms with Gasteiger partial charge in [-0.1, -0.05) is 55.8 Å². The summed E-state index contributed by atoms with van der Waals surface area (Å²) < 4.78 is 0. The number of amides is 1. The standard InChI is InChI=1S/C21H22ClN5OS/c1-13(2)18-16(14-8-4-3-5-9-14)25-21(29-18)26-19(28)17-15(22)12-23-20(24-17)27-10-6-7-11-27/h3-5,8-9,12-13H,6-7,10-11H2,1-2H3,(H,25,26,28). The second-order valence-electron chi connectivity index (χ2n) is 7.27. The van der Waals surface area contributed by atoms with Crippen LogP contribution in [-0.4, -0.2) is 33.9 Å². The molecule has 3 heterocycles. The van der Waals surface area contributed by atoms with Gasteiger partial charge in [-0.2, -0.15) is 0 Å². The average Bonchev–Trinajstić information content (AvgIpc) is 3.39. The zero-order valence-corrected chi connectivity index (χ0v) is 17.9. The maximum atomic E-state index is 12.9. The van der Waals surface area contributed by atoms with Crippen molar-refractivity contribution in [2.24, 2.45) is 0 Å². The molecule has 0 spiro atoms. The molecule has 0 bridgehead atoms. The van der Waals surface area contributed by atoms with Gasteiger partial charge in [0, 0.05) is 23.5 Å². The van der Waals surface area contributed by atoms with Gasteiger partial charge >= 0.3 is 0 Å². The molecule has 1 N–H and O–H groups in total. The summed E-state index contributed by atoms with van der Waals surface area (Å²) in [6, 6.07) is 9.99. The Bertz CT molecular complexity index is 1020. The summed E-state index contributed by atoms with van der Waals surface area (Å²) in [5.74, 6) is 0.461. The number of carbonyl (C=O) groups is 1. The number of halogens is 1. The van der Waals surface area contributed by atoms with E-state index < -0.39 is 0 Å². The number of nitrogens with zero attached hydrogens (tertiary/aromatic N) is 4. The maximum absolute atomic E-state index is 12.9. The van der Waals surface area contributed by atoms with E-state index in [0.29, 0.717) is 11.1 Å². The van der Waals surface area contributed by atoms with Gasteiger partial charge in [0.05, 0.1) is 16.9 Å². The highest BCUT2D eigenvalue weighted by Gasteiger charge is 2.22.